The molecule has 1 unspecified atom stereocenters. The second-order valence-corrected chi connectivity index (χ2v) is 5.91. The van der Waals surface area contributed by atoms with E-state index < -0.39 is 0 Å². The van der Waals surface area contributed by atoms with Crippen molar-refractivity contribution in [2.45, 2.75) is 12.7 Å². The SMILES string of the molecule is COc1ccc(COC(CN)c2cc(Br)cs2)cc1. The van der Waals surface area contributed by atoms with Crippen LogP contribution in [-0.2, 0) is 11.3 Å². The minimum Gasteiger partial charge on any atom is -0.497 e. The summed E-state index contributed by atoms with van der Waals surface area (Å²) >= 11 is 5.09. The van der Waals surface area contributed by atoms with Gasteiger partial charge in [0.25, 0.3) is 0 Å². The Hall–Kier alpha value is -0.880. The zero-order valence-electron chi connectivity index (χ0n) is 10.6. The first-order valence-corrected chi connectivity index (χ1v) is 7.58. The molecular formula is C14H16BrNO2S. The first kappa shape index (κ1) is 14.5. The molecule has 2 aromatic rings. The van der Waals surface area contributed by atoms with Crippen molar-refractivity contribution >= 4 is 27.3 Å². The van der Waals surface area contributed by atoms with Crippen LogP contribution in [-0.4, -0.2) is 13.7 Å². The van der Waals surface area contributed by atoms with Gasteiger partial charge in [-0.2, -0.15) is 0 Å². The Morgan fingerprint density at radius 2 is 2.05 bits per heavy atom. The first-order valence-electron chi connectivity index (χ1n) is 5.91. The van der Waals surface area contributed by atoms with Crippen molar-refractivity contribution in [3.63, 3.8) is 0 Å². The molecule has 1 aromatic carbocycles. The van der Waals surface area contributed by atoms with Gasteiger partial charge in [-0.15, -0.1) is 11.3 Å². The summed E-state index contributed by atoms with van der Waals surface area (Å²) in [5, 5.41) is 2.04. The molecule has 0 aliphatic heterocycles. The van der Waals surface area contributed by atoms with Crippen LogP contribution in [0, 0.1) is 0 Å². The van der Waals surface area contributed by atoms with Crippen LogP contribution in [0.4, 0.5) is 0 Å². The molecule has 1 aromatic heterocycles. The number of halogens is 1. The smallest absolute Gasteiger partial charge is 0.118 e. The maximum absolute atomic E-state index is 5.87. The molecule has 0 radical (unpaired) electrons. The number of ether oxygens (including phenoxy) is 2. The standard InChI is InChI=1S/C14H16BrNO2S/c1-17-12-4-2-10(3-5-12)8-18-13(7-16)14-6-11(15)9-19-14/h2-6,9,13H,7-8,16H2,1H3. The maximum Gasteiger partial charge on any atom is 0.118 e. The number of methoxy groups -OCH3 is 1. The number of benzene rings is 1. The lowest BCUT2D eigenvalue weighted by Crippen LogP contribution is -2.14. The maximum atomic E-state index is 5.87. The fourth-order valence-electron chi connectivity index (χ4n) is 1.68. The van der Waals surface area contributed by atoms with Crippen molar-refractivity contribution in [1.29, 1.82) is 0 Å². The summed E-state index contributed by atoms with van der Waals surface area (Å²) < 4.78 is 12.1. The van der Waals surface area contributed by atoms with Gasteiger partial charge >= 0.3 is 0 Å². The van der Waals surface area contributed by atoms with Crippen molar-refractivity contribution in [3.8, 4) is 5.75 Å². The molecule has 0 aliphatic rings. The molecule has 5 heteroatoms. The van der Waals surface area contributed by atoms with E-state index in [0.717, 1.165) is 20.7 Å². The summed E-state index contributed by atoms with van der Waals surface area (Å²) in [5.74, 6) is 0.848. The number of nitrogens with two attached hydrogens (primary N) is 1. The van der Waals surface area contributed by atoms with Gasteiger partial charge in [0.05, 0.1) is 13.7 Å². The number of thiophene rings is 1. The molecule has 0 saturated carbocycles. The molecule has 0 bridgehead atoms. The van der Waals surface area contributed by atoms with Gasteiger partial charge in [-0.25, -0.2) is 0 Å². The minimum absolute atomic E-state index is 0.0570. The lowest BCUT2D eigenvalue weighted by molar-refractivity contribution is 0.0479. The summed E-state index contributed by atoms with van der Waals surface area (Å²) in [6, 6.07) is 9.90. The molecule has 0 amide bonds. The average molecular weight is 342 g/mol. The molecule has 3 nitrogen and oxygen atoms in total. The van der Waals surface area contributed by atoms with Gasteiger partial charge < -0.3 is 15.2 Å². The van der Waals surface area contributed by atoms with Gasteiger partial charge in [-0.3, -0.25) is 0 Å². The summed E-state index contributed by atoms with van der Waals surface area (Å²) in [4.78, 5) is 1.14. The predicted molar refractivity (Wildman–Crippen MR) is 81.6 cm³/mol. The third-order valence-electron chi connectivity index (χ3n) is 2.73. The Bertz CT molecular complexity index is 512. The number of hydrogen-bond acceptors (Lipinski definition) is 4. The zero-order valence-corrected chi connectivity index (χ0v) is 13.0. The van der Waals surface area contributed by atoms with Crippen LogP contribution in [0.25, 0.3) is 0 Å². The fourth-order valence-corrected chi connectivity index (χ4v) is 3.19. The van der Waals surface area contributed by atoms with E-state index in [-0.39, 0.29) is 6.10 Å². The average Bonchev–Trinajstić information content (AvgIpc) is 2.87. The summed E-state index contributed by atoms with van der Waals surface area (Å²) in [7, 11) is 1.66. The van der Waals surface area contributed by atoms with Gasteiger partial charge in [0.15, 0.2) is 0 Å². The lowest BCUT2D eigenvalue weighted by Gasteiger charge is -2.14. The Balaban J connectivity index is 1.95. The van der Waals surface area contributed by atoms with Crippen LogP contribution in [0.3, 0.4) is 0 Å². The van der Waals surface area contributed by atoms with E-state index in [9.17, 15) is 0 Å². The highest BCUT2D eigenvalue weighted by Crippen LogP contribution is 2.28. The molecule has 0 spiro atoms. The van der Waals surface area contributed by atoms with E-state index in [2.05, 4.69) is 22.0 Å². The van der Waals surface area contributed by atoms with Crippen molar-refractivity contribution in [3.05, 3.63) is 50.6 Å². The summed E-state index contributed by atoms with van der Waals surface area (Å²) in [6.45, 7) is 1.02. The van der Waals surface area contributed by atoms with Crippen LogP contribution in [0.15, 0.2) is 40.2 Å². The molecule has 0 aliphatic carbocycles. The highest BCUT2D eigenvalue weighted by molar-refractivity contribution is 9.10. The van der Waals surface area contributed by atoms with E-state index in [4.69, 9.17) is 15.2 Å². The summed E-state index contributed by atoms with van der Waals surface area (Å²) in [6.07, 6.45) is -0.0570. The largest absolute Gasteiger partial charge is 0.497 e. The highest BCUT2D eigenvalue weighted by Gasteiger charge is 2.12. The number of hydrogen-bond donors (Lipinski definition) is 1. The Morgan fingerprint density at radius 3 is 2.58 bits per heavy atom. The summed E-state index contributed by atoms with van der Waals surface area (Å²) in [5.41, 5.74) is 6.88. The second-order valence-electron chi connectivity index (χ2n) is 4.05. The van der Waals surface area contributed by atoms with Gasteiger partial charge in [0.2, 0.25) is 0 Å². The third kappa shape index (κ3) is 4.04. The Kier molecular flexibility index (Phi) is 5.39. The number of rotatable bonds is 6. The lowest BCUT2D eigenvalue weighted by atomic mass is 10.2. The Morgan fingerprint density at radius 1 is 1.32 bits per heavy atom. The minimum atomic E-state index is -0.0570. The van der Waals surface area contributed by atoms with Crippen LogP contribution < -0.4 is 10.5 Å². The van der Waals surface area contributed by atoms with Crippen LogP contribution in [0.1, 0.15) is 16.5 Å². The molecule has 19 heavy (non-hydrogen) atoms. The van der Waals surface area contributed by atoms with Gasteiger partial charge in [0.1, 0.15) is 11.9 Å². The van der Waals surface area contributed by atoms with Crippen molar-refractivity contribution in [2.24, 2.45) is 5.73 Å². The van der Waals surface area contributed by atoms with Crippen LogP contribution in [0.5, 0.6) is 5.75 Å². The molecule has 102 valence electrons. The van der Waals surface area contributed by atoms with Crippen LogP contribution in [0.2, 0.25) is 0 Å². The van der Waals surface area contributed by atoms with E-state index in [1.165, 1.54) is 0 Å². The van der Waals surface area contributed by atoms with Crippen molar-refractivity contribution < 1.29 is 9.47 Å². The quantitative estimate of drug-likeness (QED) is 0.870. The van der Waals surface area contributed by atoms with E-state index >= 15 is 0 Å². The molecule has 1 heterocycles. The first-order chi connectivity index (χ1) is 9.22. The van der Waals surface area contributed by atoms with Gasteiger partial charge in [-0.05, 0) is 39.7 Å². The highest BCUT2D eigenvalue weighted by atomic mass is 79.9. The third-order valence-corrected chi connectivity index (χ3v) is 4.51. The van der Waals surface area contributed by atoms with Gasteiger partial charge in [0, 0.05) is 21.3 Å². The topological polar surface area (TPSA) is 44.5 Å². The van der Waals surface area contributed by atoms with Crippen molar-refractivity contribution in [1.82, 2.24) is 0 Å². The van der Waals surface area contributed by atoms with E-state index in [0.29, 0.717) is 13.2 Å². The molecule has 0 saturated heterocycles. The molecule has 2 rings (SSSR count). The van der Waals surface area contributed by atoms with Crippen molar-refractivity contribution in [2.75, 3.05) is 13.7 Å². The monoisotopic (exact) mass is 341 g/mol. The molecular weight excluding hydrogens is 326 g/mol. The normalized spacial score (nSPS) is 12.4. The van der Waals surface area contributed by atoms with E-state index in [1.54, 1.807) is 18.4 Å². The zero-order chi connectivity index (χ0) is 13.7. The predicted octanol–water partition coefficient (Wildman–Crippen LogP) is 3.74. The molecule has 1 atom stereocenters. The van der Waals surface area contributed by atoms with Gasteiger partial charge in [-0.1, -0.05) is 12.1 Å². The Labute approximate surface area is 125 Å². The van der Waals surface area contributed by atoms with E-state index in [1.807, 2.05) is 29.6 Å². The van der Waals surface area contributed by atoms with Crippen LogP contribution >= 0.6 is 27.3 Å². The molecule has 0 fully saturated rings. The fraction of sp³-hybridized carbons (Fsp3) is 0.286. The second kappa shape index (κ2) is 7.05. The molecule has 2 N–H and O–H groups in total.